The van der Waals surface area contributed by atoms with E-state index in [9.17, 15) is 0 Å². The minimum absolute atomic E-state index is 0.463. The van der Waals surface area contributed by atoms with Gasteiger partial charge in [-0.1, -0.05) is 44.2 Å². The number of ether oxygens (including phenoxy) is 1. The van der Waals surface area contributed by atoms with Crippen LogP contribution in [0.15, 0.2) is 30.3 Å². The number of rotatable bonds is 8. The molecular formula is C17H24N2OS. The molecule has 1 heterocycles. The summed E-state index contributed by atoms with van der Waals surface area (Å²) in [5.74, 6) is 0.463. The SMILES string of the molecule is COCCNCc1sc(Cc2ccccc2)nc1C(C)C. The molecule has 0 aliphatic heterocycles. The van der Waals surface area contributed by atoms with Crippen LogP contribution in [0.25, 0.3) is 0 Å². The van der Waals surface area contributed by atoms with E-state index in [1.165, 1.54) is 21.1 Å². The molecule has 0 fully saturated rings. The molecule has 1 aromatic heterocycles. The molecule has 2 rings (SSSR count). The van der Waals surface area contributed by atoms with Gasteiger partial charge >= 0.3 is 0 Å². The average molecular weight is 304 g/mol. The van der Waals surface area contributed by atoms with Crippen LogP contribution in [0.2, 0.25) is 0 Å². The van der Waals surface area contributed by atoms with E-state index in [1.54, 1.807) is 7.11 Å². The van der Waals surface area contributed by atoms with Crippen LogP contribution in [0.3, 0.4) is 0 Å². The Hall–Kier alpha value is -1.23. The van der Waals surface area contributed by atoms with Crippen molar-refractivity contribution >= 4 is 11.3 Å². The van der Waals surface area contributed by atoms with Crippen molar-refractivity contribution in [3.05, 3.63) is 51.5 Å². The molecule has 0 aliphatic rings. The van der Waals surface area contributed by atoms with E-state index >= 15 is 0 Å². The molecule has 2 aromatic rings. The Morgan fingerprint density at radius 2 is 2.00 bits per heavy atom. The molecule has 0 saturated carbocycles. The molecule has 0 saturated heterocycles. The fourth-order valence-corrected chi connectivity index (χ4v) is 3.44. The summed E-state index contributed by atoms with van der Waals surface area (Å²) < 4.78 is 5.07. The highest BCUT2D eigenvalue weighted by Gasteiger charge is 2.14. The van der Waals surface area contributed by atoms with E-state index in [-0.39, 0.29) is 0 Å². The molecule has 0 atom stereocenters. The molecule has 1 N–H and O–H groups in total. The van der Waals surface area contributed by atoms with Gasteiger partial charge in [-0.2, -0.15) is 0 Å². The van der Waals surface area contributed by atoms with Gasteiger partial charge in [0.2, 0.25) is 0 Å². The lowest BCUT2D eigenvalue weighted by Crippen LogP contribution is -2.18. The van der Waals surface area contributed by atoms with Gasteiger partial charge in [0.15, 0.2) is 0 Å². The van der Waals surface area contributed by atoms with Gasteiger partial charge in [-0.25, -0.2) is 4.98 Å². The first-order chi connectivity index (χ1) is 10.2. The summed E-state index contributed by atoms with van der Waals surface area (Å²) in [6.07, 6.45) is 0.920. The number of methoxy groups -OCH3 is 1. The molecule has 0 amide bonds. The molecule has 4 heteroatoms. The maximum absolute atomic E-state index is 5.07. The van der Waals surface area contributed by atoms with Crippen LogP contribution < -0.4 is 5.32 Å². The molecule has 0 spiro atoms. The van der Waals surface area contributed by atoms with Crippen LogP contribution in [0, 0.1) is 0 Å². The van der Waals surface area contributed by atoms with Crippen LogP contribution in [0.1, 0.15) is 40.9 Å². The number of hydrogen-bond acceptors (Lipinski definition) is 4. The largest absolute Gasteiger partial charge is 0.383 e. The van der Waals surface area contributed by atoms with Gasteiger partial charge in [0.1, 0.15) is 0 Å². The van der Waals surface area contributed by atoms with E-state index in [4.69, 9.17) is 9.72 Å². The summed E-state index contributed by atoms with van der Waals surface area (Å²) in [6.45, 7) is 6.91. The Balaban J connectivity index is 2.05. The van der Waals surface area contributed by atoms with E-state index in [0.29, 0.717) is 5.92 Å². The zero-order chi connectivity index (χ0) is 15.1. The maximum Gasteiger partial charge on any atom is 0.0975 e. The Labute approximate surface area is 131 Å². The predicted octanol–water partition coefficient (Wildman–Crippen LogP) is 3.59. The minimum Gasteiger partial charge on any atom is -0.383 e. The van der Waals surface area contributed by atoms with E-state index in [0.717, 1.165) is 26.1 Å². The fraction of sp³-hybridized carbons (Fsp3) is 0.471. The standard InChI is InChI=1S/C17H24N2OS/c1-13(2)17-15(12-18-9-10-20-3)21-16(19-17)11-14-7-5-4-6-8-14/h4-8,13,18H,9-12H2,1-3H3. The molecule has 1 aromatic carbocycles. The van der Waals surface area contributed by atoms with Gasteiger partial charge in [-0.3, -0.25) is 0 Å². The van der Waals surface area contributed by atoms with Crippen LogP contribution in [-0.2, 0) is 17.7 Å². The van der Waals surface area contributed by atoms with E-state index < -0.39 is 0 Å². The first kappa shape index (κ1) is 16.1. The quantitative estimate of drug-likeness (QED) is 0.757. The molecule has 3 nitrogen and oxygen atoms in total. The topological polar surface area (TPSA) is 34.1 Å². The van der Waals surface area contributed by atoms with Gasteiger partial charge in [0.25, 0.3) is 0 Å². The summed E-state index contributed by atoms with van der Waals surface area (Å²) in [6, 6.07) is 10.5. The summed E-state index contributed by atoms with van der Waals surface area (Å²) >= 11 is 1.83. The monoisotopic (exact) mass is 304 g/mol. The third-order valence-electron chi connectivity index (χ3n) is 3.29. The minimum atomic E-state index is 0.463. The molecule has 0 bridgehead atoms. The number of nitrogens with zero attached hydrogens (tertiary/aromatic N) is 1. The Morgan fingerprint density at radius 1 is 1.24 bits per heavy atom. The van der Waals surface area contributed by atoms with Crippen molar-refractivity contribution in [1.29, 1.82) is 0 Å². The van der Waals surface area contributed by atoms with Crippen LogP contribution in [0.4, 0.5) is 0 Å². The zero-order valence-electron chi connectivity index (χ0n) is 13.1. The van der Waals surface area contributed by atoms with Gasteiger partial charge in [-0.05, 0) is 11.5 Å². The summed E-state index contributed by atoms with van der Waals surface area (Å²) in [7, 11) is 1.73. The van der Waals surface area contributed by atoms with Crippen molar-refractivity contribution in [2.24, 2.45) is 0 Å². The van der Waals surface area contributed by atoms with Crippen molar-refractivity contribution in [3.63, 3.8) is 0 Å². The number of hydrogen-bond donors (Lipinski definition) is 1. The van der Waals surface area contributed by atoms with Crippen molar-refractivity contribution in [3.8, 4) is 0 Å². The Morgan fingerprint density at radius 3 is 2.67 bits per heavy atom. The average Bonchev–Trinajstić information content (AvgIpc) is 2.88. The van der Waals surface area contributed by atoms with Crippen LogP contribution in [0.5, 0.6) is 0 Å². The number of aromatic nitrogens is 1. The fourth-order valence-electron chi connectivity index (χ4n) is 2.21. The first-order valence-corrected chi connectivity index (χ1v) is 8.24. The predicted molar refractivity (Wildman–Crippen MR) is 89.0 cm³/mol. The highest BCUT2D eigenvalue weighted by atomic mass is 32.1. The summed E-state index contributed by atoms with van der Waals surface area (Å²) in [5, 5.41) is 4.62. The smallest absolute Gasteiger partial charge is 0.0975 e. The Kier molecular flexibility index (Phi) is 6.36. The highest BCUT2D eigenvalue weighted by molar-refractivity contribution is 7.11. The highest BCUT2D eigenvalue weighted by Crippen LogP contribution is 2.26. The van der Waals surface area contributed by atoms with Crippen molar-refractivity contribution < 1.29 is 4.74 Å². The van der Waals surface area contributed by atoms with Crippen molar-refractivity contribution in [1.82, 2.24) is 10.3 Å². The van der Waals surface area contributed by atoms with Gasteiger partial charge in [0.05, 0.1) is 17.3 Å². The second-order valence-electron chi connectivity index (χ2n) is 5.40. The number of benzene rings is 1. The molecule has 114 valence electrons. The van der Waals surface area contributed by atoms with Crippen molar-refractivity contribution in [2.75, 3.05) is 20.3 Å². The van der Waals surface area contributed by atoms with E-state index in [1.807, 2.05) is 11.3 Å². The number of thiazole rings is 1. The summed E-state index contributed by atoms with van der Waals surface area (Å²) in [5.41, 5.74) is 2.55. The third-order valence-corrected chi connectivity index (χ3v) is 4.36. The van der Waals surface area contributed by atoms with E-state index in [2.05, 4.69) is 49.5 Å². The third kappa shape index (κ3) is 4.92. The number of nitrogens with one attached hydrogen (secondary N) is 1. The second-order valence-corrected chi connectivity index (χ2v) is 6.57. The lowest BCUT2D eigenvalue weighted by atomic mass is 10.1. The molecule has 0 unspecified atom stereocenters. The van der Waals surface area contributed by atoms with Gasteiger partial charge in [-0.15, -0.1) is 11.3 Å². The second kappa shape index (κ2) is 8.27. The Bertz CT molecular complexity index is 537. The molecule has 0 radical (unpaired) electrons. The zero-order valence-corrected chi connectivity index (χ0v) is 13.9. The lowest BCUT2D eigenvalue weighted by molar-refractivity contribution is 0.199. The maximum atomic E-state index is 5.07. The lowest BCUT2D eigenvalue weighted by Gasteiger charge is -2.06. The first-order valence-electron chi connectivity index (χ1n) is 7.42. The van der Waals surface area contributed by atoms with Crippen LogP contribution in [-0.4, -0.2) is 25.2 Å². The summed E-state index contributed by atoms with van der Waals surface area (Å²) in [4.78, 5) is 6.20. The molecular weight excluding hydrogens is 280 g/mol. The van der Waals surface area contributed by atoms with Crippen molar-refractivity contribution in [2.45, 2.75) is 32.7 Å². The molecule has 0 aliphatic carbocycles. The van der Waals surface area contributed by atoms with Gasteiger partial charge in [0, 0.05) is 31.5 Å². The van der Waals surface area contributed by atoms with Gasteiger partial charge < -0.3 is 10.1 Å². The normalized spacial score (nSPS) is 11.2. The van der Waals surface area contributed by atoms with Crippen LogP contribution >= 0.6 is 11.3 Å². The molecule has 21 heavy (non-hydrogen) atoms.